The van der Waals surface area contributed by atoms with E-state index >= 15 is 0 Å². The van der Waals surface area contributed by atoms with Crippen LogP contribution in [0.25, 0.3) is 0 Å². The highest BCUT2D eigenvalue weighted by atomic mass is 16.3. The molecule has 0 bridgehead atoms. The Hall–Kier alpha value is -1.44. The van der Waals surface area contributed by atoms with Crippen molar-refractivity contribution >= 4 is 0 Å². The first-order chi connectivity index (χ1) is 7.00. The largest absolute Gasteiger partial charge is 0.504 e. The topological polar surface area (TPSA) is 40.5 Å². The molecule has 1 aliphatic carbocycles. The van der Waals surface area contributed by atoms with Crippen LogP contribution >= 0.6 is 0 Å². The van der Waals surface area contributed by atoms with E-state index in [-0.39, 0.29) is 11.5 Å². The van der Waals surface area contributed by atoms with E-state index in [1.165, 1.54) is 11.1 Å². The maximum atomic E-state index is 9.86. The van der Waals surface area contributed by atoms with Gasteiger partial charge in [-0.3, -0.25) is 0 Å². The Balaban J connectivity index is 2.60. The molecule has 1 aromatic rings. The van der Waals surface area contributed by atoms with Crippen LogP contribution in [0.3, 0.4) is 0 Å². The lowest BCUT2D eigenvalue weighted by Gasteiger charge is -2.21. The van der Waals surface area contributed by atoms with Gasteiger partial charge in [0, 0.05) is 5.56 Å². The minimum atomic E-state index is 0.0288. The van der Waals surface area contributed by atoms with E-state index < -0.39 is 0 Å². The predicted molar refractivity (Wildman–Crippen MR) is 60.3 cm³/mol. The maximum Gasteiger partial charge on any atom is 0.161 e. The third kappa shape index (κ3) is 1.50. The van der Waals surface area contributed by atoms with E-state index in [2.05, 4.69) is 13.8 Å². The first-order valence-corrected chi connectivity index (χ1v) is 5.19. The molecule has 2 rings (SSSR count). The molecule has 0 aromatic heterocycles. The fourth-order valence-corrected chi connectivity index (χ4v) is 2.11. The van der Waals surface area contributed by atoms with Crippen LogP contribution in [0.15, 0.2) is 17.2 Å². The highest BCUT2D eigenvalue weighted by Gasteiger charge is 2.19. The minimum absolute atomic E-state index is 0.0288. The molecule has 2 nitrogen and oxygen atoms in total. The minimum Gasteiger partial charge on any atom is -0.504 e. The number of allylic oxidation sites excluding steroid dienone is 2. The number of aromatic hydroxyl groups is 2. The first kappa shape index (κ1) is 10.1. The number of hydrogen-bond acceptors (Lipinski definition) is 2. The lowest BCUT2D eigenvalue weighted by Crippen LogP contribution is -2.06. The fourth-order valence-electron chi connectivity index (χ4n) is 2.11. The van der Waals surface area contributed by atoms with Gasteiger partial charge in [-0.05, 0) is 44.7 Å². The second-order valence-corrected chi connectivity index (χ2v) is 4.44. The van der Waals surface area contributed by atoms with Gasteiger partial charge >= 0.3 is 0 Å². The molecule has 15 heavy (non-hydrogen) atoms. The standard InChI is InChI=1S/C13H16O2/c1-7-4-10-5-9(3)12(14)13(15)11(10)6-8(7)2/h5,14-15H,4,6H2,1-3H3. The molecule has 0 aliphatic heterocycles. The van der Waals surface area contributed by atoms with Crippen molar-refractivity contribution in [3.8, 4) is 11.5 Å². The van der Waals surface area contributed by atoms with Crippen LogP contribution in [0.2, 0.25) is 0 Å². The Morgan fingerprint density at radius 1 is 0.933 bits per heavy atom. The molecule has 0 atom stereocenters. The van der Waals surface area contributed by atoms with Crippen molar-refractivity contribution in [3.05, 3.63) is 33.9 Å². The number of rotatable bonds is 0. The van der Waals surface area contributed by atoms with Crippen molar-refractivity contribution in [2.75, 3.05) is 0 Å². The lowest BCUT2D eigenvalue weighted by molar-refractivity contribution is 0.396. The second-order valence-electron chi connectivity index (χ2n) is 4.44. The van der Waals surface area contributed by atoms with E-state index in [1.54, 1.807) is 0 Å². The molecule has 0 radical (unpaired) electrons. The van der Waals surface area contributed by atoms with Crippen molar-refractivity contribution in [2.45, 2.75) is 33.6 Å². The van der Waals surface area contributed by atoms with Gasteiger partial charge in [-0.1, -0.05) is 17.2 Å². The van der Waals surface area contributed by atoms with Crippen molar-refractivity contribution in [3.63, 3.8) is 0 Å². The van der Waals surface area contributed by atoms with Gasteiger partial charge in [0.15, 0.2) is 11.5 Å². The molecule has 80 valence electrons. The molecular weight excluding hydrogens is 188 g/mol. The van der Waals surface area contributed by atoms with E-state index in [9.17, 15) is 10.2 Å². The van der Waals surface area contributed by atoms with Gasteiger partial charge in [0.25, 0.3) is 0 Å². The van der Waals surface area contributed by atoms with Crippen molar-refractivity contribution < 1.29 is 10.2 Å². The quantitative estimate of drug-likeness (QED) is 0.504. The van der Waals surface area contributed by atoms with Crippen LogP contribution in [0.1, 0.15) is 30.5 Å². The van der Waals surface area contributed by atoms with E-state index in [1.807, 2.05) is 13.0 Å². The molecule has 0 amide bonds. The van der Waals surface area contributed by atoms with Crippen LogP contribution in [0.5, 0.6) is 11.5 Å². The molecule has 1 aliphatic rings. The maximum absolute atomic E-state index is 9.86. The highest BCUT2D eigenvalue weighted by molar-refractivity contribution is 5.57. The van der Waals surface area contributed by atoms with Gasteiger partial charge in [0.1, 0.15) is 0 Å². The van der Waals surface area contributed by atoms with Gasteiger partial charge < -0.3 is 10.2 Å². The fraction of sp³-hybridized carbons (Fsp3) is 0.385. The van der Waals surface area contributed by atoms with Crippen LogP contribution in [-0.2, 0) is 12.8 Å². The SMILES string of the molecule is CC1=C(C)Cc2c(cc(C)c(O)c2O)C1. The van der Waals surface area contributed by atoms with E-state index in [0.717, 1.165) is 29.5 Å². The lowest BCUT2D eigenvalue weighted by atomic mass is 9.85. The molecule has 2 heteroatoms. The zero-order valence-electron chi connectivity index (χ0n) is 9.39. The first-order valence-electron chi connectivity index (χ1n) is 5.19. The Labute approximate surface area is 89.9 Å². The zero-order chi connectivity index (χ0) is 11.2. The summed E-state index contributed by atoms with van der Waals surface area (Å²) in [4.78, 5) is 0. The molecular formula is C13H16O2. The number of hydrogen-bond donors (Lipinski definition) is 2. The predicted octanol–water partition coefficient (Wildman–Crippen LogP) is 2.84. The number of phenols is 2. The smallest absolute Gasteiger partial charge is 0.161 e. The van der Waals surface area contributed by atoms with Gasteiger partial charge in [-0.25, -0.2) is 0 Å². The molecule has 0 unspecified atom stereocenters. The number of aryl methyl sites for hydroxylation is 1. The van der Waals surface area contributed by atoms with Crippen LogP contribution in [0.4, 0.5) is 0 Å². The Morgan fingerprint density at radius 2 is 1.53 bits per heavy atom. The van der Waals surface area contributed by atoms with Crippen LogP contribution in [0, 0.1) is 6.92 Å². The van der Waals surface area contributed by atoms with Gasteiger partial charge in [-0.2, -0.15) is 0 Å². The molecule has 0 heterocycles. The monoisotopic (exact) mass is 204 g/mol. The van der Waals surface area contributed by atoms with Crippen molar-refractivity contribution in [1.29, 1.82) is 0 Å². The third-order valence-electron chi connectivity index (χ3n) is 3.29. The summed E-state index contributed by atoms with van der Waals surface area (Å²) in [6.45, 7) is 6.02. The Kier molecular flexibility index (Phi) is 2.22. The molecule has 0 saturated heterocycles. The molecule has 0 fully saturated rings. The Bertz CT molecular complexity index is 456. The summed E-state index contributed by atoms with van der Waals surface area (Å²) in [6, 6.07) is 1.97. The zero-order valence-corrected chi connectivity index (χ0v) is 9.39. The van der Waals surface area contributed by atoms with Crippen LogP contribution < -0.4 is 0 Å². The number of fused-ring (bicyclic) bond motifs is 1. The average molecular weight is 204 g/mol. The van der Waals surface area contributed by atoms with Gasteiger partial charge in [0.2, 0.25) is 0 Å². The summed E-state index contributed by atoms with van der Waals surface area (Å²) in [5.41, 5.74) is 5.44. The summed E-state index contributed by atoms with van der Waals surface area (Å²) in [7, 11) is 0. The van der Waals surface area contributed by atoms with Crippen molar-refractivity contribution in [2.24, 2.45) is 0 Å². The summed E-state index contributed by atoms with van der Waals surface area (Å²) in [5.74, 6) is 0.0953. The van der Waals surface area contributed by atoms with Crippen LogP contribution in [-0.4, -0.2) is 10.2 Å². The summed E-state index contributed by atoms with van der Waals surface area (Å²) >= 11 is 0. The number of phenolic OH excluding ortho intramolecular Hbond substituents is 2. The van der Waals surface area contributed by atoms with Gasteiger partial charge in [0.05, 0.1) is 0 Å². The van der Waals surface area contributed by atoms with E-state index in [4.69, 9.17) is 0 Å². The second kappa shape index (κ2) is 3.30. The Morgan fingerprint density at radius 3 is 2.20 bits per heavy atom. The molecule has 0 saturated carbocycles. The van der Waals surface area contributed by atoms with E-state index in [0.29, 0.717) is 0 Å². The number of benzene rings is 1. The van der Waals surface area contributed by atoms with Gasteiger partial charge in [-0.15, -0.1) is 0 Å². The normalized spacial score (nSPS) is 15.4. The highest BCUT2D eigenvalue weighted by Crippen LogP contribution is 2.39. The van der Waals surface area contributed by atoms with Crippen molar-refractivity contribution in [1.82, 2.24) is 0 Å². The molecule has 1 aromatic carbocycles. The average Bonchev–Trinajstić information content (AvgIpc) is 2.19. The molecule has 2 N–H and O–H groups in total. The summed E-state index contributed by atoms with van der Waals surface area (Å²) in [5, 5.41) is 19.5. The third-order valence-corrected chi connectivity index (χ3v) is 3.29. The molecule has 0 spiro atoms. The summed E-state index contributed by atoms with van der Waals surface area (Å²) < 4.78 is 0. The summed E-state index contributed by atoms with van der Waals surface area (Å²) in [6.07, 6.45) is 1.64.